The van der Waals surface area contributed by atoms with Crippen molar-refractivity contribution in [3.05, 3.63) is 72.6 Å². The number of amides is 1. The molecule has 1 aliphatic rings. The van der Waals surface area contributed by atoms with Gasteiger partial charge in [0.1, 0.15) is 11.6 Å². The second-order valence-electron chi connectivity index (χ2n) is 7.61. The lowest BCUT2D eigenvalue weighted by Crippen LogP contribution is -2.25. The molecule has 5 nitrogen and oxygen atoms in total. The Kier molecular flexibility index (Phi) is 5.65. The van der Waals surface area contributed by atoms with Gasteiger partial charge in [0.05, 0.1) is 17.6 Å². The number of carbonyl (C=O) groups is 1. The van der Waals surface area contributed by atoms with Gasteiger partial charge in [-0.05, 0) is 37.6 Å². The third-order valence-corrected chi connectivity index (χ3v) is 5.43. The first-order chi connectivity index (χ1) is 14.2. The number of para-hydroxylation sites is 2. The van der Waals surface area contributed by atoms with Crippen LogP contribution in [-0.2, 0) is 11.3 Å². The van der Waals surface area contributed by atoms with Crippen LogP contribution in [0.2, 0.25) is 0 Å². The lowest BCUT2D eigenvalue weighted by Gasteiger charge is -2.16. The molecule has 1 aliphatic heterocycles. The number of hydrogen-bond acceptors (Lipinski definition) is 3. The van der Waals surface area contributed by atoms with Crippen LogP contribution in [0.15, 0.2) is 61.2 Å². The van der Waals surface area contributed by atoms with Crippen molar-refractivity contribution in [2.75, 3.05) is 19.7 Å². The van der Waals surface area contributed by atoms with Gasteiger partial charge >= 0.3 is 0 Å². The number of likely N-dealkylation sites (tertiary alicyclic amines) is 1. The van der Waals surface area contributed by atoms with Crippen LogP contribution in [0.4, 0.5) is 0 Å². The summed E-state index contributed by atoms with van der Waals surface area (Å²) in [5, 5.41) is 0. The summed E-state index contributed by atoms with van der Waals surface area (Å²) >= 11 is 0. The number of imidazole rings is 1. The van der Waals surface area contributed by atoms with Crippen LogP contribution >= 0.6 is 0 Å². The maximum atomic E-state index is 12.3. The fraction of sp³-hybridized carbons (Fsp3) is 0.333. The Morgan fingerprint density at radius 1 is 1.21 bits per heavy atom. The molecule has 1 saturated heterocycles. The van der Waals surface area contributed by atoms with E-state index in [1.54, 1.807) is 6.08 Å². The highest BCUT2D eigenvalue weighted by Gasteiger charge is 2.33. The van der Waals surface area contributed by atoms with Crippen LogP contribution in [0.3, 0.4) is 0 Å². The Bertz CT molecular complexity index is 1010. The van der Waals surface area contributed by atoms with Crippen LogP contribution in [0.25, 0.3) is 11.0 Å². The van der Waals surface area contributed by atoms with Crippen LogP contribution in [0.1, 0.15) is 30.1 Å². The molecule has 1 amide bonds. The number of carbonyl (C=O) groups excluding carboxylic acids is 1. The standard InChI is InChI=1S/C24H27N3O2/c1-3-13-26-17-19(16-23(26)28)24-25-21-7-4-5-8-22(21)27(24)14-6-15-29-20-11-9-18(2)10-12-20/h3-5,7-12,19H,1,6,13-17H2,2H3/t19-/m1/s1. The quantitative estimate of drug-likeness (QED) is 0.426. The molecule has 2 heterocycles. The molecule has 0 N–H and O–H groups in total. The molecule has 29 heavy (non-hydrogen) atoms. The number of nitrogens with zero attached hydrogens (tertiary/aromatic N) is 3. The molecule has 2 aromatic carbocycles. The normalized spacial score (nSPS) is 16.5. The van der Waals surface area contributed by atoms with Crippen LogP contribution in [0, 0.1) is 6.92 Å². The van der Waals surface area contributed by atoms with Gasteiger partial charge in [-0.25, -0.2) is 4.98 Å². The lowest BCUT2D eigenvalue weighted by molar-refractivity contribution is -0.127. The Hall–Kier alpha value is -3.08. The summed E-state index contributed by atoms with van der Waals surface area (Å²) in [6.45, 7) is 8.58. The zero-order chi connectivity index (χ0) is 20.2. The van der Waals surface area contributed by atoms with E-state index in [2.05, 4.69) is 36.3 Å². The third kappa shape index (κ3) is 4.19. The van der Waals surface area contributed by atoms with Crippen molar-refractivity contribution in [1.29, 1.82) is 0 Å². The summed E-state index contributed by atoms with van der Waals surface area (Å²) < 4.78 is 8.16. The van der Waals surface area contributed by atoms with E-state index in [9.17, 15) is 4.79 Å². The predicted octanol–water partition coefficient (Wildman–Crippen LogP) is 4.32. The van der Waals surface area contributed by atoms with Gasteiger partial charge in [0.15, 0.2) is 0 Å². The van der Waals surface area contributed by atoms with Crippen molar-refractivity contribution in [3.63, 3.8) is 0 Å². The van der Waals surface area contributed by atoms with Crippen molar-refractivity contribution in [2.24, 2.45) is 0 Å². The second kappa shape index (κ2) is 8.52. The maximum absolute atomic E-state index is 12.3. The lowest BCUT2D eigenvalue weighted by atomic mass is 10.1. The van der Waals surface area contributed by atoms with Gasteiger partial charge in [-0.1, -0.05) is 35.9 Å². The van der Waals surface area contributed by atoms with E-state index in [4.69, 9.17) is 9.72 Å². The molecule has 0 bridgehead atoms. The smallest absolute Gasteiger partial charge is 0.223 e. The summed E-state index contributed by atoms with van der Waals surface area (Å²) in [4.78, 5) is 19.1. The molecule has 4 rings (SSSR count). The number of hydrogen-bond donors (Lipinski definition) is 0. The highest BCUT2D eigenvalue weighted by atomic mass is 16.5. The summed E-state index contributed by atoms with van der Waals surface area (Å²) in [7, 11) is 0. The SMILES string of the molecule is C=CCN1C[C@H](c2nc3ccccc3n2CCCOc2ccc(C)cc2)CC1=O. The molecule has 150 valence electrons. The largest absolute Gasteiger partial charge is 0.494 e. The second-order valence-corrected chi connectivity index (χ2v) is 7.61. The van der Waals surface area contributed by atoms with E-state index in [0.717, 1.165) is 35.6 Å². The van der Waals surface area contributed by atoms with Gasteiger partial charge < -0.3 is 14.2 Å². The third-order valence-electron chi connectivity index (χ3n) is 5.43. The molecule has 5 heteroatoms. The topological polar surface area (TPSA) is 47.4 Å². The summed E-state index contributed by atoms with van der Waals surface area (Å²) in [6.07, 6.45) is 3.17. The molecule has 0 radical (unpaired) electrons. The monoisotopic (exact) mass is 389 g/mol. The van der Waals surface area contributed by atoms with Crippen LogP contribution in [0.5, 0.6) is 5.75 Å². The van der Waals surface area contributed by atoms with E-state index in [1.165, 1.54) is 5.56 Å². The van der Waals surface area contributed by atoms with Gasteiger partial charge in [-0.3, -0.25) is 4.79 Å². The Labute approximate surface area is 171 Å². The first-order valence-corrected chi connectivity index (χ1v) is 10.2. The molecular formula is C24H27N3O2. The van der Waals surface area contributed by atoms with Crippen LogP contribution in [-0.4, -0.2) is 40.1 Å². The van der Waals surface area contributed by atoms with Gasteiger partial charge in [-0.15, -0.1) is 6.58 Å². The number of ether oxygens (including phenoxy) is 1. The molecule has 0 aliphatic carbocycles. The van der Waals surface area contributed by atoms with Crippen molar-refractivity contribution in [2.45, 2.75) is 32.2 Å². The zero-order valence-corrected chi connectivity index (χ0v) is 16.9. The summed E-state index contributed by atoms with van der Waals surface area (Å²) in [5.41, 5.74) is 3.33. The minimum absolute atomic E-state index is 0.118. The van der Waals surface area contributed by atoms with Gasteiger partial charge in [0.2, 0.25) is 5.91 Å². The number of aryl methyl sites for hydroxylation is 2. The highest BCUT2D eigenvalue weighted by molar-refractivity contribution is 5.81. The number of benzene rings is 2. The van der Waals surface area contributed by atoms with Crippen molar-refractivity contribution in [1.82, 2.24) is 14.5 Å². The molecule has 0 spiro atoms. The highest BCUT2D eigenvalue weighted by Crippen LogP contribution is 2.30. The Balaban J connectivity index is 1.49. The first-order valence-electron chi connectivity index (χ1n) is 10.2. The maximum Gasteiger partial charge on any atom is 0.223 e. The fourth-order valence-electron chi connectivity index (χ4n) is 3.97. The van der Waals surface area contributed by atoms with E-state index < -0.39 is 0 Å². The van der Waals surface area contributed by atoms with E-state index in [-0.39, 0.29) is 11.8 Å². The molecule has 3 aromatic rings. The number of fused-ring (bicyclic) bond motifs is 1. The Morgan fingerprint density at radius 2 is 2.00 bits per heavy atom. The molecule has 1 aromatic heterocycles. The Morgan fingerprint density at radius 3 is 2.79 bits per heavy atom. The number of aromatic nitrogens is 2. The average molecular weight is 389 g/mol. The first kappa shape index (κ1) is 19.2. The van der Waals surface area contributed by atoms with Crippen molar-refractivity contribution in [3.8, 4) is 5.75 Å². The van der Waals surface area contributed by atoms with Crippen LogP contribution < -0.4 is 4.74 Å². The van der Waals surface area contributed by atoms with E-state index >= 15 is 0 Å². The van der Waals surface area contributed by atoms with Gasteiger partial charge in [-0.2, -0.15) is 0 Å². The molecule has 0 unspecified atom stereocenters. The van der Waals surface area contributed by atoms with Gasteiger partial charge in [0.25, 0.3) is 0 Å². The van der Waals surface area contributed by atoms with Crippen molar-refractivity contribution >= 4 is 16.9 Å². The molecular weight excluding hydrogens is 362 g/mol. The molecule has 0 saturated carbocycles. The van der Waals surface area contributed by atoms with E-state index in [0.29, 0.717) is 26.1 Å². The average Bonchev–Trinajstić information content (AvgIpc) is 3.27. The zero-order valence-electron chi connectivity index (χ0n) is 16.9. The van der Waals surface area contributed by atoms with Gasteiger partial charge in [0, 0.05) is 32.0 Å². The summed E-state index contributed by atoms with van der Waals surface area (Å²) in [5.74, 6) is 2.19. The predicted molar refractivity (Wildman–Crippen MR) is 115 cm³/mol. The number of rotatable bonds is 8. The summed E-state index contributed by atoms with van der Waals surface area (Å²) in [6, 6.07) is 16.3. The molecule has 1 fully saturated rings. The fourth-order valence-corrected chi connectivity index (χ4v) is 3.97. The minimum Gasteiger partial charge on any atom is -0.494 e. The van der Waals surface area contributed by atoms with Crippen molar-refractivity contribution < 1.29 is 9.53 Å². The van der Waals surface area contributed by atoms with E-state index in [1.807, 2.05) is 35.2 Å². The minimum atomic E-state index is 0.118. The molecule has 1 atom stereocenters.